The molecule has 3 heterocycles. The molecule has 2 saturated heterocycles. The van der Waals surface area contributed by atoms with Gasteiger partial charge in [-0.25, -0.2) is 0 Å². The number of carboxylic acids is 2. The van der Waals surface area contributed by atoms with Crippen LogP contribution in [-0.4, -0.2) is 83.1 Å². The van der Waals surface area contributed by atoms with E-state index < -0.39 is 23.4 Å². The molecule has 1 aromatic carbocycles. The Morgan fingerprint density at radius 2 is 1.94 bits per heavy atom. The van der Waals surface area contributed by atoms with E-state index in [1.165, 1.54) is 44.8 Å². The van der Waals surface area contributed by atoms with Gasteiger partial charge in [0.05, 0.1) is 0 Å². The summed E-state index contributed by atoms with van der Waals surface area (Å²) in [6, 6.07) is 8.27. The third kappa shape index (κ3) is 4.25. The van der Waals surface area contributed by atoms with Crippen molar-refractivity contribution in [3.63, 3.8) is 0 Å². The van der Waals surface area contributed by atoms with Gasteiger partial charge in [-0.3, -0.25) is 24.1 Å². The van der Waals surface area contributed by atoms with Gasteiger partial charge in [-0.2, -0.15) is 0 Å². The highest BCUT2D eigenvalue weighted by atomic mass is 32.2. The van der Waals surface area contributed by atoms with Crippen molar-refractivity contribution in [2.75, 3.05) is 23.0 Å². The summed E-state index contributed by atoms with van der Waals surface area (Å²) in [6.07, 6.45) is -0.288. The van der Waals surface area contributed by atoms with Gasteiger partial charge in [-0.15, -0.1) is 22.0 Å². The number of carboxylic acid groups (broad SMARTS) is 2. The van der Waals surface area contributed by atoms with Crippen LogP contribution in [0.1, 0.15) is 12.7 Å². The molecule has 0 aliphatic carbocycles. The lowest BCUT2D eigenvalue weighted by Crippen LogP contribution is -2.74. The number of aliphatic carboxylic acids is 2. The zero-order valence-corrected chi connectivity index (χ0v) is 20.1. The molecule has 4 rings (SSSR count). The molecule has 0 radical (unpaired) electrons. The largest absolute Gasteiger partial charge is 0.481 e. The zero-order valence-electron chi connectivity index (χ0n) is 18.4. The molecule has 3 atom stereocenters. The van der Waals surface area contributed by atoms with E-state index >= 15 is 0 Å². The summed E-state index contributed by atoms with van der Waals surface area (Å²) < 4.78 is 1.53. The number of aromatic nitrogens is 3. The smallest absolute Gasteiger partial charge is 0.313 e. The molecule has 2 N–H and O–H groups in total. The molecule has 34 heavy (non-hydrogen) atoms. The number of hydrogen-bond acceptors (Lipinski definition) is 8. The van der Waals surface area contributed by atoms with Crippen LogP contribution in [0.2, 0.25) is 0 Å². The van der Waals surface area contributed by atoms with Gasteiger partial charge < -0.3 is 19.7 Å². The molecule has 2 fully saturated rings. The van der Waals surface area contributed by atoms with Gasteiger partial charge in [0, 0.05) is 37.7 Å². The second kappa shape index (κ2) is 9.29. The van der Waals surface area contributed by atoms with Crippen LogP contribution in [-0.2, 0) is 32.6 Å². The predicted octanol–water partition coefficient (Wildman–Crippen LogP) is 0.942. The minimum Gasteiger partial charge on any atom is -0.481 e. The van der Waals surface area contributed by atoms with E-state index in [2.05, 4.69) is 10.2 Å². The van der Waals surface area contributed by atoms with E-state index in [1.54, 1.807) is 31.3 Å². The first-order valence-electron chi connectivity index (χ1n) is 10.4. The average molecular weight is 506 g/mol. The summed E-state index contributed by atoms with van der Waals surface area (Å²) >= 11 is 2.52. The van der Waals surface area contributed by atoms with Gasteiger partial charge in [-0.05, 0) is 12.1 Å². The summed E-state index contributed by atoms with van der Waals surface area (Å²) in [5.41, 5.74) is -0.599. The Morgan fingerprint density at radius 3 is 2.56 bits per heavy atom. The maximum atomic E-state index is 13.1. The number of hydrogen-bond donors (Lipinski definition) is 2. The highest BCUT2D eigenvalue weighted by Crippen LogP contribution is 2.46. The van der Waals surface area contributed by atoms with Gasteiger partial charge in [0.15, 0.2) is 5.16 Å². The molecular formula is C21H23N5O6S2. The Bertz CT molecular complexity index is 1140. The van der Waals surface area contributed by atoms with E-state index in [9.17, 15) is 24.3 Å². The van der Waals surface area contributed by atoms with E-state index in [0.717, 1.165) is 0 Å². The van der Waals surface area contributed by atoms with Crippen molar-refractivity contribution >= 4 is 53.0 Å². The first kappa shape index (κ1) is 24.1. The lowest BCUT2D eigenvalue weighted by atomic mass is 9.89. The number of thioether (sulfide) groups is 2. The van der Waals surface area contributed by atoms with Crippen molar-refractivity contribution in [2.45, 2.75) is 29.9 Å². The van der Waals surface area contributed by atoms with Gasteiger partial charge in [-0.1, -0.05) is 30.0 Å². The normalized spacial score (nSPS) is 23.7. The van der Waals surface area contributed by atoms with Gasteiger partial charge in [0.2, 0.25) is 11.8 Å². The Balaban J connectivity index is 1.49. The predicted molar refractivity (Wildman–Crippen MR) is 124 cm³/mol. The highest BCUT2D eigenvalue weighted by Gasteiger charge is 2.59. The molecule has 0 spiro atoms. The molecule has 13 heteroatoms. The third-order valence-corrected chi connectivity index (χ3v) is 8.82. The van der Waals surface area contributed by atoms with Crippen LogP contribution in [0.25, 0.3) is 0 Å². The molecule has 1 aromatic heterocycles. The quantitative estimate of drug-likeness (QED) is 0.393. The molecule has 180 valence electrons. The molecular weight excluding hydrogens is 482 g/mol. The second-order valence-electron chi connectivity index (χ2n) is 8.24. The van der Waals surface area contributed by atoms with Crippen molar-refractivity contribution in [1.29, 1.82) is 0 Å². The fourth-order valence-electron chi connectivity index (χ4n) is 4.08. The highest BCUT2D eigenvalue weighted by molar-refractivity contribution is 8.00. The number of carbonyl (C=O) groups is 4. The Hall–Kier alpha value is -3.06. The van der Waals surface area contributed by atoms with Gasteiger partial charge in [0.25, 0.3) is 0 Å². The van der Waals surface area contributed by atoms with Crippen LogP contribution in [0, 0.1) is 5.41 Å². The molecule has 0 bridgehead atoms. The lowest BCUT2D eigenvalue weighted by Gasteiger charge is -2.56. The zero-order chi connectivity index (χ0) is 24.6. The third-order valence-electron chi connectivity index (χ3n) is 5.93. The SMILES string of the molecule is CC(=O)N(c1ccccc1)C1C(=O)N2CC(CSc3nnc(CC(=O)O)n3C)(C(=O)O)CS[C@H]12. The minimum atomic E-state index is -1.22. The van der Waals surface area contributed by atoms with Crippen LogP contribution in [0.15, 0.2) is 35.5 Å². The number of amides is 2. The standard InChI is InChI=1S/C21H23N5O6S2/c1-12(27)26(13-6-4-3-5-7-13)16-17(30)25-9-21(19(31)32,10-33-18(16)25)11-34-20-23-22-14(24(20)2)8-15(28)29/h3-7,16,18H,8-11H2,1-2H3,(H,28,29)(H,31,32)/t16?,18-,21?/m1/s1. The summed E-state index contributed by atoms with van der Waals surface area (Å²) in [6.45, 7) is 1.43. The van der Waals surface area contributed by atoms with Crippen molar-refractivity contribution in [2.24, 2.45) is 12.5 Å². The topological polar surface area (TPSA) is 146 Å². The maximum Gasteiger partial charge on any atom is 0.313 e. The Kier molecular flexibility index (Phi) is 6.58. The van der Waals surface area contributed by atoms with Crippen LogP contribution in [0.3, 0.4) is 0 Å². The number of β-lactam (4-membered cyclic amide) rings is 1. The van der Waals surface area contributed by atoms with Crippen LogP contribution in [0.4, 0.5) is 5.69 Å². The number of carbonyl (C=O) groups excluding carboxylic acids is 2. The van der Waals surface area contributed by atoms with Crippen molar-refractivity contribution in [1.82, 2.24) is 19.7 Å². The minimum absolute atomic E-state index is 0.0166. The van der Waals surface area contributed by atoms with Crippen LogP contribution >= 0.6 is 23.5 Å². The number of para-hydroxylation sites is 1. The summed E-state index contributed by atoms with van der Waals surface area (Å²) in [5.74, 6) is -1.95. The molecule has 2 amide bonds. The fourth-order valence-corrected chi connectivity index (χ4v) is 6.91. The first-order valence-corrected chi connectivity index (χ1v) is 12.4. The molecule has 2 aliphatic rings. The molecule has 2 aliphatic heterocycles. The Labute approximate surface area is 203 Å². The number of benzene rings is 1. The van der Waals surface area contributed by atoms with Crippen LogP contribution < -0.4 is 4.90 Å². The summed E-state index contributed by atoms with van der Waals surface area (Å²) in [7, 11) is 1.63. The fraction of sp³-hybridized carbons (Fsp3) is 0.429. The lowest BCUT2D eigenvalue weighted by molar-refractivity contribution is -0.156. The number of anilines is 1. The average Bonchev–Trinajstić information content (AvgIpc) is 3.14. The van der Waals surface area contributed by atoms with Crippen molar-refractivity contribution < 1.29 is 29.4 Å². The second-order valence-corrected chi connectivity index (χ2v) is 10.3. The van der Waals surface area contributed by atoms with Gasteiger partial charge >= 0.3 is 11.9 Å². The molecule has 2 aromatic rings. The van der Waals surface area contributed by atoms with E-state index in [0.29, 0.717) is 10.8 Å². The monoisotopic (exact) mass is 505 g/mol. The molecule has 2 unspecified atom stereocenters. The number of nitrogens with zero attached hydrogens (tertiary/aromatic N) is 5. The van der Waals surface area contributed by atoms with Crippen molar-refractivity contribution in [3.05, 3.63) is 36.2 Å². The van der Waals surface area contributed by atoms with Crippen molar-refractivity contribution in [3.8, 4) is 0 Å². The van der Waals surface area contributed by atoms with E-state index in [-0.39, 0.29) is 47.5 Å². The van der Waals surface area contributed by atoms with E-state index in [4.69, 9.17) is 5.11 Å². The first-order chi connectivity index (χ1) is 16.1. The molecule has 0 saturated carbocycles. The number of fused-ring (bicyclic) bond motifs is 1. The number of rotatable bonds is 8. The van der Waals surface area contributed by atoms with Gasteiger partial charge in [0.1, 0.15) is 29.1 Å². The maximum absolute atomic E-state index is 13.1. The van der Waals surface area contributed by atoms with Crippen LogP contribution in [0.5, 0.6) is 0 Å². The molecule has 11 nitrogen and oxygen atoms in total. The summed E-state index contributed by atoms with van der Waals surface area (Å²) in [4.78, 5) is 51.8. The summed E-state index contributed by atoms with van der Waals surface area (Å²) in [5, 5.41) is 27.0. The Morgan fingerprint density at radius 1 is 1.24 bits per heavy atom. The van der Waals surface area contributed by atoms with E-state index in [1.807, 2.05) is 6.07 Å².